The Kier molecular flexibility index (Phi) is 3.06. The smallest absolute Gasteiger partial charge is 0.258 e. The van der Waals surface area contributed by atoms with E-state index in [1.807, 2.05) is 0 Å². The van der Waals surface area contributed by atoms with E-state index in [0.717, 1.165) is 0 Å². The molecule has 0 radical (unpaired) electrons. The minimum atomic E-state index is -0.753. The Morgan fingerprint density at radius 1 is 1.57 bits per heavy atom. The van der Waals surface area contributed by atoms with Gasteiger partial charge in [-0.05, 0) is 25.5 Å². The van der Waals surface area contributed by atoms with E-state index in [4.69, 9.17) is 10.5 Å². The van der Waals surface area contributed by atoms with Gasteiger partial charge < -0.3 is 10.5 Å². The van der Waals surface area contributed by atoms with E-state index in [2.05, 4.69) is 0 Å². The van der Waals surface area contributed by atoms with Crippen molar-refractivity contribution >= 4 is 5.91 Å². The minimum Gasteiger partial charge on any atom is -0.481 e. The van der Waals surface area contributed by atoms with E-state index in [1.54, 1.807) is 19.1 Å². The lowest BCUT2D eigenvalue weighted by Crippen LogP contribution is -2.30. The monoisotopic (exact) mass is 197 g/mol. The first-order chi connectivity index (χ1) is 6.50. The molecule has 0 aromatic heterocycles. The molecule has 1 rings (SSSR count). The Balaban J connectivity index is 2.78. The topological polar surface area (TPSA) is 52.3 Å². The highest BCUT2D eigenvalue weighted by Gasteiger charge is 2.10. The van der Waals surface area contributed by atoms with Gasteiger partial charge in [-0.25, -0.2) is 4.39 Å². The third-order valence-electron chi connectivity index (χ3n) is 1.86. The zero-order chi connectivity index (χ0) is 10.7. The summed E-state index contributed by atoms with van der Waals surface area (Å²) in [6.07, 6.45) is -0.753. The molecule has 0 aliphatic rings. The molecule has 0 aliphatic heterocycles. The van der Waals surface area contributed by atoms with Crippen LogP contribution >= 0.6 is 0 Å². The highest BCUT2D eigenvalue weighted by molar-refractivity contribution is 5.78. The van der Waals surface area contributed by atoms with Crippen LogP contribution in [0.25, 0.3) is 0 Å². The fourth-order valence-electron chi connectivity index (χ4n) is 0.909. The molecule has 14 heavy (non-hydrogen) atoms. The fraction of sp³-hybridized carbons (Fsp3) is 0.300. The van der Waals surface area contributed by atoms with Crippen molar-refractivity contribution in [1.82, 2.24) is 0 Å². The number of primary amides is 1. The second-order valence-electron chi connectivity index (χ2n) is 3.07. The largest absolute Gasteiger partial charge is 0.481 e. The van der Waals surface area contributed by atoms with Crippen LogP contribution in [0.4, 0.5) is 4.39 Å². The third-order valence-corrected chi connectivity index (χ3v) is 1.86. The molecule has 0 fully saturated rings. The van der Waals surface area contributed by atoms with Gasteiger partial charge >= 0.3 is 0 Å². The van der Waals surface area contributed by atoms with Crippen LogP contribution in [0, 0.1) is 12.7 Å². The average molecular weight is 197 g/mol. The molecular formula is C10H12FNO2. The van der Waals surface area contributed by atoms with Gasteiger partial charge in [-0.3, -0.25) is 4.79 Å². The van der Waals surface area contributed by atoms with Gasteiger partial charge in [0.1, 0.15) is 11.6 Å². The number of carbonyl (C=O) groups excluding carboxylic acids is 1. The quantitative estimate of drug-likeness (QED) is 0.796. The molecule has 1 amide bonds. The molecule has 0 aliphatic carbocycles. The van der Waals surface area contributed by atoms with Crippen molar-refractivity contribution in [1.29, 1.82) is 0 Å². The highest BCUT2D eigenvalue weighted by atomic mass is 19.1. The molecule has 0 heterocycles. The van der Waals surface area contributed by atoms with Crippen molar-refractivity contribution in [2.45, 2.75) is 20.0 Å². The summed E-state index contributed by atoms with van der Waals surface area (Å²) in [5.41, 5.74) is 5.53. The average Bonchev–Trinajstić information content (AvgIpc) is 2.11. The Hall–Kier alpha value is -1.58. The molecule has 3 nitrogen and oxygen atoms in total. The predicted molar refractivity (Wildman–Crippen MR) is 50.4 cm³/mol. The number of ether oxygens (including phenoxy) is 1. The molecule has 1 unspecified atom stereocenters. The van der Waals surface area contributed by atoms with Gasteiger partial charge in [0.2, 0.25) is 0 Å². The lowest BCUT2D eigenvalue weighted by Gasteiger charge is -2.11. The number of halogens is 1. The molecule has 0 bridgehead atoms. The summed E-state index contributed by atoms with van der Waals surface area (Å²) < 4.78 is 18.1. The molecular weight excluding hydrogens is 185 g/mol. The van der Waals surface area contributed by atoms with Crippen LogP contribution in [0.5, 0.6) is 5.75 Å². The predicted octanol–water partition coefficient (Wildman–Crippen LogP) is 1.39. The van der Waals surface area contributed by atoms with Crippen LogP contribution in [0.3, 0.4) is 0 Å². The lowest BCUT2D eigenvalue weighted by molar-refractivity contribution is -0.123. The van der Waals surface area contributed by atoms with Gasteiger partial charge in [-0.15, -0.1) is 0 Å². The first-order valence-electron chi connectivity index (χ1n) is 4.23. The number of nitrogens with two attached hydrogens (primary N) is 1. The summed E-state index contributed by atoms with van der Waals surface area (Å²) in [6, 6.07) is 4.41. The normalized spacial score (nSPS) is 12.2. The maximum absolute atomic E-state index is 13.0. The molecule has 4 heteroatoms. The summed E-state index contributed by atoms with van der Waals surface area (Å²) in [4.78, 5) is 10.7. The Morgan fingerprint density at radius 3 is 2.71 bits per heavy atom. The Labute approximate surface area is 81.7 Å². The van der Waals surface area contributed by atoms with E-state index in [9.17, 15) is 9.18 Å². The number of rotatable bonds is 3. The van der Waals surface area contributed by atoms with Gasteiger partial charge in [0.15, 0.2) is 6.10 Å². The van der Waals surface area contributed by atoms with Crippen LogP contribution in [0.1, 0.15) is 12.5 Å². The summed E-state index contributed by atoms with van der Waals surface area (Å²) >= 11 is 0. The van der Waals surface area contributed by atoms with Crippen molar-refractivity contribution in [3.63, 3.8) is 0 Å². The zero-order valence-corrected chi connectivity index (χ0v) is 8.08. The van der Waals surface area contributed by atoms with Crippen molar-refractivity contribution < 1.29 is 13.9 Å². The van der Waals surface area contributed by atoms with Crippen molar-refractivity contribution in [3.05, 3.63) is 29.6 Å². The maximum atomic E-state index is 13.0. The molecule has 0 saturated heterocycles. The summed E-state index contributed by atoms with van der Waals surface area (Å²) in [5.74, 6) is -0.635. The maximum Gasteiger partial charge on any atom is 0.258 e. The Morgan fingerprint density at radius 2 is 2.21 bits per heavy atom. The van der Waals surface area contributed by atoms with E-state index in [1.165, 1.54) is 13.0 Å². The highest BCUT2D eigenvalue weighted by Crippen LogP contribution is 2.16. The van der Waals surface area contributed by atoms with E-state index in [-0.39, 0.29) is 5.82 Å². The van der Waals surface area contributed by atoms with Crippen molar-refractivity contribution in [2.75, 3.05) is 0 Å². The first-order valence-corrected chi connectivity index (χ1v) is 4.23. The number of carbonyl (C=O) groups is 1. The van der Waals surface area contributed by atoms with Gasteiger partial charge in [0, 0.05) is 6.07 Å². The molecule has 1 aromatic rings. The molecule has 2 N–H and O–H groups in total. The molecule has 76 valence electrons. The number of hydrogen-bond donors (Lipinski definition) is 1. The van der Waals surface area contributed by atoms with Gasteiger partial charge in [-0.2, -0.15) is 0 Å². The van der Waals surface area contributed by atoms with Gasteiger partial charge in [0.25, 0.3) is 5.91 Å². The van der Waals surface area contributed by atoms with Crippen molar-refractivity contribution in [2.24, 2.45) is 5.73 Å². The third kappa shape index (κ3) is 2.45. The van der Waals surface area contributed by atoms with Crippen molar-refractivity contribution in [3.8, 4) is 5.75 Å². The lowest BCUT2D eigenvalue weighted by atomic mass is 10.2. The minimum absolute atomic E-state index is 0.305. The number of aryl methyl sites for hydroxylation is 1. The standard InChI is InChI=1S/C10H12FNO2/c1-6-3-4-8(5-9(6)11)14-7(2)10(12)13/h3-5,7H,1-2H3,(H2,12,13). The van der Waals surface area contributed by atoms with Crippen LogP contribution < -0.4 is 10.5 Å². The SMILES string of the molecule is Cc1ccc(OC(C)C(N)=O)cc1F. The molecule has 1 atom stereocenters. The molecule has 0 saturated carbocycles. The molecule has 0 spiro atoms. The zero-order valence-electron chi connectivity index (χ0n) is 8.08. The number of hydrogen-bond acceptors (Lipinski definition) is 2. The van der Waals surface area contributed by atoms with Gasteiger partial charge in [-0.1, -0.05) is 6.07 Å². The van der Waals surface area contributed by atoms with Gasteiger partial charge in [0.05, 0.1) is 0 Å². The van der Waals surface area contributed by atoms with Crippen LogP contribution in [0.15, 0.2) is 18.2 Å². The fourth-order valence-corrected chi connectivity index (χ4v) is 0.909. The second-order valence-corrected chi connectivity index (χ2v) is 3.07. The van der Waals surface area contributed by atoms with E-state index >= 15 is 0 Å². The number of benzene rings is 1. The van der Waals surface area contributed by atoms with Crippen LogP contribution in [-0.2, 0) is 4.79 Å². The Bertz CT molecular complexity index is 352. The summed E-state index contributed by atoms with van der Waals surface area (Å²) in [5, 5.41) is 0. The van der Waals surface area contributed by atoms with Crippen LogP contribution in [-0.4, -0.2) is 12.0 Å². The summed E-state index contributed by atoms with van der Waals surface area (Å²) in [6.45, 7) is 3.16. The molecule has 1 aromatic carbocycles. The van der Waals surface area contributed by atoms with Crippen LogP contribution in [0.2, 0.25) is 0 Å². The van der Waals surface area contributed by atoms with E-state index in [0.29, 0.717) is 11.3 Å². The summed E-state index contributed by atoms with van der Waals surface area (Å²) in [7, 11) is 0. The first kappa shape index (κ1) is 10.5. The second kappa shape index (κ2) is 4.09. The van der Waals surface area contributed by atoms with E-state index < -0.39 is 12.0 Å². The number of amides is 1.